The third-order valence-corrected chi connectivity index (χ3v) is 4.68. The summed E-state index contributed by atoms with van der Waals surface area (Å²) in [7, 11) is -3.26. The van der Waals surface area contributed by atoms with Gasteiger partial charge in [0.05, 0.1) is 6.26 Å². The van der Waals surface area contributed by atoms with Gasteiger partial charge < -0.3 is 5.32 Å². The summed E-state index contributed by atoms with van der Waals surface area (Å²) in [5, 5.41) is 2.70. The number of halogens is 1. The van der Waals surface area contributed by atoms with Crippen LogP contribution >= 0.6 is 0 Å². The molecular formula is C14H19FN2O3S. The molecule has 0 saturated heterocycles. The van der Waals surface area contributed by atoms with E-state index in [1.807, 2.05) is 0 Å². The Morgan fingerprint density at radius 2 is 1.95 bits per heavy atom. The van der Waals surface area contributed by atoms with Gasteiger partial charge in [0, 0.05) is 25.6 Å². The van der Waals surface area contributed by atoms with Gasteiger partial charge in [-0.3, -0.25) is 4.79 Å². The van der Waals surface area contributed by atoms with Gasteiger partial charge in [-0.15, -0.1) is 0 Å². The molecule has 1 aromatic carbocycles. The lowest BCUT2D eigenvalue weighted by molar-refractivity contribution is -0.121. The van der Waals surface area contributed by atoms with Crippen molar-refractivity contribution in [2.24, 2.45) is 0 Å². The van der Waals surface area contributed by atoms with Gasteiger partial charge in [-0.05, 0) is 30.5 Å². The Morgan fingerprint density at radius 3 is 2.48 bits per heavy atom. The van der Waals surface area contributed by atoms with Crippen molar-refractivity contribution in [2.75, 3.05) is 12.8 Å². The van der Waals surface area contributed by atoms with E-state index in [0.717, 1.165) is 18.4 Å². The van der Waals surface area contributed by atoms with E-state index in [1.54, 1.807) is 12.1 Å². The summed E-state index contributed by atoms with van der Waals surface area (Å²) < 4.78 is 37.3. The highest BCUT2D eigenvalue weighted by molar-refractivity contribution is 7.88. The molecule has 0 heterocycles. The van der Waals surface area contributed by atoms with Crippen molar-refractivity contribution >= 4 is 15.9 Å². The largest absolute Gasteiger partial charge is 0.352 e. The van der Waals surface area contributed by atoms with Gasteiger partial charge in [0.15, 0.2) is 0 Å². The first-order valence-corrected chi connectivity index (χ1v) is 8.69. The number of nitrogens with zero attached hydrogens (tertiary/aromatic N) is 1. The zero-order chi connectivity index (χ0) is 15.5. The van der Waals surface area contributed by atoms with Gasteiger partial charge in [-0.25, -0.2) is 12.8 Å². The predicted molar refractivity (Wildman–Crippen MR) is 77.4 cm³/mol. The van der Waals surface area contributed by atoms with Crippen LogP contribution in [0.25, 0.3) is 0 Å². The van der Waals surface area contributed by atoms with Gasteiger partial charge in [-0.1, -0.05) is 12.1 Å². The summed E-state index contributed by atoms with van der Waals surface area (Å²) in [6.45, 7) is 0.514. The normalized spacial score (nSPS) is 15.2. The molecule has 0 atom stereocenters. The van der Waals surface area contributed by atoms with Crippen molar-refractivity contribution in [3.8, 4) is 0 Å². The van der Waals surface area contributed by atoms with Crippen LogP contribution < -0.4 is 5.32 Å². The van der Waals surface area contributed by atoms with E-state index in [-0.39, 0.29) is 30.7 Å². The fraction of sp³-hybridized carbons (Fsp3) is 0.500. The lowest BCUT2D eigenvalue weighted by Crippen LogP contribution is -2.36. The molecule has 0 aliphatic heterocycles. The van der Waals surface area contributed by atoms with Crippen LogP contribution in [0, 0.1) is 5.82 Å². The zero-order valence-corrected chi connectivity index (χ0v) is 12.7. The Morgan fingerprint density at radius 1 is 1.33 bits per heavy atom. The van der Waals surface area contributed by atoms with Crippen molar-refractivity contribution in [3.05, 3.63) is 35.6 Å². The Hall–Kier alpha value is -1.47. The standard InChI is InChI=1S/C14H19FN2O3S/c1-21(19,20)17(13-6-7-13)9-8-14(18)16-10-11-2-4-12(15)5-3-11/h2-5,13H,6-10H2,1H3,(H,16,18). The second kappa shape index (κ2) is 6.53. The fourth-order valence-corrected chi connectivity index (χ4v) is 3.26. The van der Waals surface area contributed by atoms with Crippen molar-refractivity contribution in [2.45, 2.75) is 31.8 Å². The predicted octanol–water partition coefficient (Wildman–Crippen LogP) is 1.26. The van der Waals surface area contributed by atoms with Gasteiger partial charge >= 0.3 is 0 Å². The Kier molecular flexibility index (Phi) is 4.95. The highest BCUT2D eigenvalue weighted by Gasteiger charge is 2.34. The monoisotopic (exact) mass is 314 g/mol. The van der Waals surface area contributed by atoms with Crippen LogP contribution in [-0.2, 0) is 21.4 Å². The maximum Gasteiger partial charge on any atom is 0.221 e. The number of rotatable bonds is 7. The van der Waals surface area contributed by atoms with Crippen LogP contribution in [0.4, 0.5) is 4.39 Å². The van der Waals surface area contributed by atoms with Crippen LogP contribution in [0.15, 0.2) is 24.3 Å². The number of carbonyl (C=O) groups is 1. The minimum atomic E-state index is -3.26. The molecule has 116 valence electrons. The van der Waals surface area contributed by atoms with Crippen molar-refractivity contribution < 1.29 is 17.6 Å². The first-order chi connectivity index (χ1) is 9.86. The molecule has 21 heavy (non-hydrogen) atoms. The second-order valence-electron chi connectivity index (χ2n) is 5.26. The molecular weight excluding hydrogens is 295 g/mol. The average molecular weight is 314 g/mol. The van der Waals surface area contributed by atoms with E-state index >= 15 is 0 Å². The molecule has 0 radical (unpaired) electrons. The first kappa shape index (κ1) is 15.9. The number of hydrogen-bond donors (Lipinski definition) is 1. The average Bonchev–Trinajstić information content (AvgIpc) is 3.21. The molecule has 1 fully saturated rings. The molecule has 5 nitrogen and oxygen atoms in total. The van der Waals surface area contributed by atoms with Crippen molar-refractivity contribution in [3.63, 3.8) is 0 Å². The fourth-order valence-electron chi connectivity index (χ4n) is 2.08. The lowest BCUT2D eigenvalue weighted by Gasteiger charge is -2.18. The molecule has 1 aromatic rings. The van der Waals surface area contributed by atoms with Gasteiger partial charge in [-0.2, -0.15) is 4.31 Å². The van der Waals surface area contributed by atoms with Crippen LogP contribution in [-0.4, -0.2) is 37.5 Å². The molecule has 0 aromatic heterocycles. The summed E-state index contributed by atoms with van der Waals surface area (Å²) >= 11 is 0. The van der Waals surface area contributed by atoms with E-state index in [9.17, 15) is 17.6 Å². The third kappa shape index (κ3) is 5.09. The summed E-state index contributed by atoms with van der Waals surface area (Å²) in [5.41, 5.74) is 0.798. The second-order valence-corrected chi connectivity index (χ2v) is 7.19. The molecule has 1 amide bonds. The number of amides is 1. The van der Waals surface area contributed by atoms with Crippen LogP contribution in [0.2, 0.25) is 0 Å². The highest BCUT2D eigenvalue weighted by Crippen LogP contribution is 2.28. The van der Waals surface area contributed by atoms with Crippen LogP contribution in [0.5, 0.6) is 0 Å². The van der Waals surface area contributed by atoms with Gasteiger partial charge in [0.1, 0.15) is 5.82 Å². The summed E-state index contributed by atoms with van der Waals surface area (Å²) in [6.07, 6.45) is 3.03. The third-order valence-electron chi connectivity index (χ3n) is 3.34. The quantitative estimate of drug-likeness (QED) is 0.824. The number of hydrogen-bond acceptors (Lipinski definition) is 3. The number of carbonyl (C=O) groups excluding carboxylic acids is 1. The Labute approximate surface area is 124 Å². The molecule has 0 spiro atoms. The van der Waals surface area contributed by atoms with E-state index in [0.29, 0.717) is 6.54 Å². The lowest BCUT2D eigenvalue weighted by atomic mass is 10.2. The summed E-state index contributed by atoms with van der Waals surface area (Å²) in [4.78, 5) is 11.8. The van der Waals surface area contributed by atoms with E-state index in [4.69, 9.17) is 0 Å². The Bertz CT molecular complexity index is 597. The summed E-state index contributed by atoms with van der Waals surface area (Å²) in [5.74, 6) is -0.535. The molecule has 0 bridgehead atoms. The van der Waals surface area contributed by atoms with E-state index in [1.165, 1.54) is 22.7 Å². The number of sulfonamides is 1. The van der Waals surface area contributed by atoms with E-state index < -0.39 is 10.0 Å². The minimum Gasteiger partial charge on any atom is -0.352 e. The molecule has 1 aliphatic rings. The molecule has 0 unspecified atom stereocenters. The van der Waals surface area contributed by atoms with Crippen molar-refractivity contribution in [1.29, 1.82) is 0 Å². The molecule has 1 N–H and O–H groups in total. The summed E-state index contributed by atoms with van der Waals surface area (Å²) in [6, 6.07) is 5.93. The van der Waals surface area contributed by atoms with Crippen molar-refractivity contribution in [1.82, 2.24) is 9.62 Å². The van der Waals surface area contributed by atoms with Crippen LogP contribution in [0.3, 0.4) is 0 Å². The SMILES string of the molecule is CS(=O)(=O)N(CCC(=O)NCc1ccc(F)cc1)C1CC1. The smallest absolute Gasteiger partial charge is 0.221 e. The Balaban J connectivity index is 1.78. The molecule has 1 aliphatic carbocycles. The van der Waals surface area contributed by atoms with Crippen LogP contribution in [0.1, 0.15) is 24.8 Å². The highest BCUT2D eigenvalue weighted by atomic mass is 32.2. The maximum absolute atomic E-state index is 12.7. The maximum atomic E-state index is 12.7. The number of nitrogens with one attached hydrogen (secondary N) is 1. The van der Waals surface area contributed by atoms with Gasteiger partial charge in [0.2, 0.25) is 15.9 Å². The van der Waals surface area contributed by atoms with Gasteiger partial charge in [0.25, 0.3) is 0 Å². The zero-order valence-electron chi connectivity index (χ0n) is 11.9. The van der Waals surface area contributed by atoms with E-state index in [2.05, 4.69) is 5.32 Å². The first-order valence-electron chi connectivity index (χ1n) is 6.84. The molecule has 2 rings (SSSR count). The number of benzene rings is 1. The minimum absolute atomic E-state index is 0.0601. The molecule has 7 heteroatoms. The molecule has 1 saturated carbocycles. The topological polar surface area (TPSA) is 66.5 Å².